The molecule has 0 bridgehead atoms. The zero-order valence-corrected chi connectivity index (χ0v) is 7.34. The van der Waals surface area contributed by atoms with Crippen LogP contribution in [0.5, 0.6) is 0 Å². The van der Waals surface area contributed by atoms with Crippen LogP contribution in [0.2, 0.25) is 5.02 Å². The summed E-state index contributed by atoms with van der Waals surface area (Å²) in [6.07, 6.45) is 0. The molecule has 2 amide bonds. The summed E-state index contributed by atoms with van der Waals surface area (Å²) in [5.41, 5.74) is 5.18. The van der Waals surface area contributed by atoms with Gasteiger partial charge in [-0.05, 0) is 18.2 Å². The van der Waals surface area contributed by atoms with Crippen molar-refractivity contribution in [1.29, 1.82) is 0 Å². The smallest absolute Gasteiger partial charge is 0.313 e. The average Bonchev–Trinajstić information content (AvgIpc) is 2.04. The molecule has 0 aliphatic rings. The first-order valence-electron chi connectivity index (χ1n) is 3.46. The van der Waals surface area contributed by atoms with E-state index in [0.717, 1.165) is 0 Å². The summed E-state index contributed by atoms with van der Waals surface area (Å²) in [6, 6.07) is 6.43. The van der Waals surface area contributed by atoms with Crippen LogP contribution < -0.4 is 11.1 Å². The molecular weight excluding hydrogens is 192 g/mol. The Labute approximate surface area is 79.7 Å². The van der Waals surface area contributed by atoms with E-state index in [1.54, 1.807) is 18.2 Å². The molecule has 0 aliphatic carbocycles. The normalized spacial score (nSPS) is 9.31. The van der Waals surface area contributed by atoms with Crippen LogP contribution in [0.1, 0.15) is 0 Å². The van der Waals surface area contributed by atoms with Crippen LogP contribution in [0.15, 0.2) is 24.3 Å². The van der Waals surface area contributed by atoms with Crippen molar-refractivity contribution in [3.05, 3.63) is 29.3 Å². The molecule has 68 valence electrons. The average molecular weight is 199 g/mol. The summed E-state index contributed by atoms with van der Waals surface area (Å²) >= 11 is 5.64. The van der Waals surface area contributed by atoms with Crippen molar-refractivity contribution in [2.45, 2.75) is 0 Å². The van der Waals surface area contributed by atoms with Crippen LogP contribution in [0.25, 0.3) is 0 Å². The first-order chi connectivity index (χ1) is 6.09. The van der Waals surface area contributed by atoms with E-state index in [1.807, 2.05) is 0 Å². The Hall–Kier alpha value is -1.55. The second kappa shape index (κ2) is 3.91. The zero-order valence-electron chi connectivity index (χ0n) is 6.58. The number of amides is 2. The topological polar surface area (TPSA) is 72.2 Å². The van der Waals surface area contributed by atoms with E-state index in [2.05, 4.69) is 5.32 Å². The van der Waals surface area contributed by atoms with Crippen LogP contribution in [0.4, 0.5) is 5.69 Å². The number of primary amides is 1. The van der Waals surface area contributed by atoms with Gasteiger partial charge in [0.1, 0.15) is 0 Å². The Morgan fingerprint density at radius 3 is 2.62 bits per heavy atom. The van der Waals surface area contributed by atoms with E-state index < -0.39 is 11.8 Å². The molecule has 5 heteroatoms. The summed E-state index contributed by atoms with van der Waals surface area (Å²) in [5, 5.41) is 2.76. The third kappa shape index (κ3) is 2.76. The molecule has 1 rings (SSSR count). The molecule has 0 saturated carbocycles. The van der Waals surface area contributed by atoms with E-state index in [0.29, 0.717) is 10.7 Å². The highest BCUT2D eigenvalue weighted by Crippen LogP contribution is 2.14. The molecule has 0 spiro atoms. The monoisotopic (exact) mass is 198 g/mol. The van der Waals surface area contributed by atoms with Gasteiger partial charge in [-0.1, -0.05) is 17.7 Å². The summed E-state index contributed by atoms with van der Waals surface area (Å²) < 4.78 is 0. The number of anilines is 1. The summed E-state index contributed by atoms with van der Waals surface area (Å²) in [5.74, 6) is -1.89. The molecule has 3 N–H and O–H groups in total. The first kappa shape index (κ1) is 9.54. The number of rotatable bonds is 1. The largest absolute Gasteiger partial charge is 0.361 e. The Kier molecular flexibility index (Phi) is 2.87. The van der Waals surface area contributed by atoms with Crippen molar-refractivity contribution in [1.82, 2.24) is 0 Å². The number of hydrogen-bond acceptors (Lipinski definition) is 2. The molecule has 13 heavy (non-hydrogen) atoms. The maximum Gasteiger partial charge on any atom is 0.313 e. The zero-order chi connectivity index (χ0) is 9.84. The van der Waals surface area contributed by atoms with Crippen molar-refractivity contribution in [2.24, 2.45) is 5.73 Å². The molecular formula is C8H7ClN2O2. The van der Waals surface area contributed by atoms with Gasteiger partial charge in [-0.2, -0.15) is 0 Å². The molecule has 0 aromatic heterocycles. The Bertz CT molecular complexity index is 352. The molecule has 0 atom stereocenters. The fourth-order valence-corrected chi connectivity index (χ4v) is 0.949. The van der Waals surface area contributed by atoms with Crippen LogP contribution in [0, 0.1) is 0 Å². The highest BCUT2D eigenvalue weighted by molar-refractivity contribution is 6.39. The number of nitrogens with one attached hydrogen (secondary N) is 1. The third-order valence-electron chi connectivity index (χ3n) is 1.31. The van der Waals surface area contributed by atoms with E-state index in [1.165, 1.54) is 6.07 Å². The predicted molar refractivity (Wildman–Crippen MR) is 49.3 cm³/mol. The van der Waals surface area contributed by atoms with Gasteiger partial charge in [0.15, 0.2) is 0 Å². The molecule has 4 nitrogen and oxygen atoms in total. The number of hydrogen-bond donors (Lipinski definition) is 2. The third-order valence-corrected chi connectivity index (χ3v) is 1.54. The number of benzene rings is 1. The molecule has 0 heterocycles. The van der Waals surface area contributed by atoms with Crippen LogP contribution in [0.3, 0.4) is 0 Å². The van der Waals surface area contributed by atoms with E-state index in [4.69, 9.17) is 17.3 Å². The molecule has 0 radical (unpaired) electrons. The standard InChI is InChI=1S/C8H7ClN2O2/c9-5-2-1-3-6(4-5)11-8(13)7(10)12/h1-4H,(H2,10,12)(H,11,13). The second-order valence-electron chi connectivity index (χ2n) is 2.33. The van der Waals surface area contributed by atoms with Gasteiger partial charge in [0.05, 0.1) is 0 Å². The quantitative estimate of drug-likeness (QED) is 0.654. The van der Waals surface area contributed by atoms with Crippen LogP contribution in [-0.4, -0.2) is 11.8 Å². The Morgan fingerprint density at radius 2 is 2.08 bits per heavy atom. The lowest BCUT2D eigenvalue weighted by molar-refractivity contribution is -0.134. The van der Waals surface area contributed by atoms with Gasteiger partial charge in [-0.15, -0.1) is 0 Å². The van der Waals surface area contributed by atoms with Crippen molar-refractivity contribution in [2.75, 3.05) is 5.32 Å². The van der Waals surface area contributed by atoms with Gasteiger partial charge in [-0.3, -0.25) is 9.59 Å². The molecule has 1 aromatic rings. The van der Waals surface area contributed by atoms with Gasteiger partial charge < -0.3 is 11.1 Å². The van der Waals surface area contributed by atoms with Gasteiger partial charge in [0, 0.05) is 10.7 Å². The van der Waals surface area contributed by atoms with Crippen molar-refractivity contribution >= 4 is 29.1 Å². The minimum absolute atomic E-state index is 0.441. The summed E-state index contributed by atoms with van der Waals surface area (Å²) in [7, 11) is 0. The predicted octanol–water partition coefficient (Wildman–Crippen LogP) is 0.764. The molecule has 0 aliphatic heterocycles. The van der Waals surface area contributed by atoms with Crippen molar-refractivity contribution in [3.8, 4) is 0 Å². The van der Waals surface area contributed by atoms with Crippen LogP contribution in [-0.2, 0) is 9.59 Å². The number of carbonyl (C=O) groups is 2. The van der Waals surface area contributed by atoms with Gasteiger partial charge >= 0.3 is 11.8 Å². The highest BCUT2D eigenvalue weighted by atomic mass is 35.5. The highest BCUT2D eigenvalue weighted by Gasteiger charge is 2.07. The lowest BCUT2D eigenvalue weighted by Gasteiger charge is -2.01. The van der Waals surface area contributed by atoms with Crippen molar-refractivity contribution in [3.63, 3.8) is 0 Å². The molecule has 0 saturated heterocycles. The second-order valence-corrected chi connectivity index (χ2v) is 2.77. The van der Waals surface area contributed by atoms with Crippen LogP contribution >= 0.6 is 11.6 Å². The summed E-state index contributed by atoms with van der Waals surface area (Å²) in [4.78, 5) is 21.2. The van der Waals surface area contributed by atoms with Gasteiger partial charge in [-0.25, -0.2) is 0 Å². The Balaban J connectivity index is 2.75. The number of carbonyl (C=O) groups excluding carboxylic acids is 2. The van der Waals surface area contributed by atoms with Crippen molar-refractivity contribution < 1.29 is 9.59 Å². The maximum absolute atomic E-state index is 10.8. The van der Waals surface area contributed by atoms with Gasteiger partial charge in [0.2, 0.25) is 0 Å². The first-order valence-corrected chi connectivity index (χ1v) is 3.84. The lowest BCUT2D eigenvalue weighted by atomic mass is 10.3. The minimum atomic E-state index is -1.03. The fraction of sp³-hybridized carbons (Fsp3) is 0. The Morgan fingerprint density at radius 1 is 1.38 bits per heavy atom. The fourth-order valence-electron chi connectivity index (χ4n) is 0.759. The minimum Gasteiger partial charge on any atom is -0.361 e. The van der Waals surface area contributed by atoms with E-state index in [-0.39, 0.29) is 0 Å². The summed E-state index contributed by atoms with van der Waals surface area (Å²) in [6.45, 7) is 0. The number of nitrogens with two attached hydrogens (primary N) is 1. The van der Waals surface area contributed by atoms with E-state index in [9.17, 15) is 9.59 Å². The number of halogens is 1. The molecule has 0 unspecified atom stereocenters. The van der Waals surface area contributed by atoms with E-state index >= 15 is 0 Å². The maximum atomic E-state index is 10.8. The molecule has 0 fully saturated rings. The molecule has 1 aromatic carbocycles. The van der Waals surface area contributed by atoms with Gasteiger partial charge in [0.25, 0.3) is 0 Å². The SMILES string of the molecule is NC(=O)C(=O)Nc1cccc(Cl)c1. The lowest BCUT2D eigenvalue weighted by Crippen LogP contribution is -2.29.